The Balaban J connectivity index is 1.19. The summed E-state index contributed by atoms with van der Waals surface area (Å²) in [7, 11) is 0. The van der Waals surface area contributed by atoms with Gasteiger partial charge in [-0.2, -0.15) is 0 Å². The van der Waals surface area contributed by atoms with Crippen LogP contribution in [0.3, 0.4) is 0 Å². The van der Waals surface area contributed by atoms with Crippen LogP contribution in [0.2, 0.25) is 0 Å². The molecule has 1 aliphatic rings. The number of aromatic nitrogens is 2. The van der Waals surface area contributed by atoms with E-state index < -0.39 is 0 Å². The Morgan fingerprint density at radius 2 is 1.53 bits per heavy atom. The van der Waals surface area contributed by atoms with E-state index in [2.05, 4.69) is 20.4 Å². The second kappa shape index (κ2) is 10.2. The van der Waals surface area contributed by atoms with Crippen molar-refractivity contribution in [3.63, 3.8) is 0 Å². The number of carbonyl (C=O) groups is 1. The van der Waals surface area contributed by atoms with Crippen molar-refractivity contribution in [3.8, 4) is 28.1 Å². The number of nitrogens with one attached hydrogen (secondary N) is 1. The Kier molecular flexibility index (Phi) is 6.47. The number of para-hydroxylation sites is 1. The van der Waals surface area contributed by atoms with Crippen molar-refractivity contribution in [1.29, 1.82) is 0 Å². The minimum Gasteiger partial charge on any atom is -0.483 e. The molecule has 0 aliphatic carbocycles. The van der Waals surface area contributed by atoms with Gasteiger partial charge in [-0.3, -0.25) is 4.79 Å². The first kappa shape index (κ1) is 21.6. The zero-order valence-electron chi connectivity index (χ0n) is 18.9. The topological polar surface area (TPSA) is 67.3 Å². The number of hydrogen-bond donors (Lipinski definition) is 1. The molecule has 0 spiro atoms. The minimum atomic E-state index is -0.217. The normalized spacial score (nSPS) is 13.0. The molecule has 4 aromatic rings. The number of carbonyl (C=O) groups excluding carboxylic acids is 1. The van der Waals surface area contributed by atoms with E-state index in [1.807, 2.05) is 91.0 Å². The number of anilines is 2. The van der Waals surface area contributed by atoms with E-state index in [4.69, 9.17) is 4.74 Å². The molecule has 34 heavy (non-hydrogen) atoms. The van der Waals surface area contributed by atoms with Crippen LogP contribution in [0.5, 0.6) is 5.75 Å². The number of ether oxygens (including phenoxy) is 1. The molecular weight excluding hydrogens is 424 g/mol. The summed E-state index contributed by atoms with van der Waals surface area (Å²) in [5.41, 5.74) is 4.46. The lowest BCUT2D eigenvalue weighted by atomic mass is 10.1. The molecule has 0 bridgehead atoms. The smallest absolute Gasteiger partial charge is 0.262 e. The summed E-state index contributed by atoms with van der Waals surface area (Å²) < 4.78 is 5.84. The van der Waals surface area contributed by atoms with E-state index in [0.29, 0.717) is 11.4 Å². The Morgan fingerprint density at radius 3 is 2.26 bits per heavy atom. The molecule has 5 rings (SSSR count). The van der Waals surface area contributed by atoms with Crippen LogP contribution in [-0.4, -0.2) is 35.8 Å². The minimum absolute atomic E-state index is 0.0744. The predicted octanol–water partition coefficient (Wildman–Crippen LogP) is 5.43. The first-order chi connectivity index (χ1) is 16.8. The van der Waals surface area contributed by atoms with Crippen molar-refractivity contribution in [2.45, 2.75) is 12.8 Å². The van der Waals surface area contributed by atoms with Crippen molar-refractivity contribution < 1.29 is 9.53 Å². The summed E-state index contributed by atoms with van der Waals surface area (Å²) >= 11 is 0. The van der Waals surface area contributed by atoms with Gasteiger partial charge in [-0.25, -0.2) is 0 Å². The number of benzene rings is 3. The van der Waals surface area contributed by atoms with Gasteiger partial charge < -0.3 is 15.0 Å². The molecule has 2 heterocycles. The maximum atomic E-state index is 12.5. The molecule has 1 N–H and O–H groups in total. The van der Waals surface area contributed by atoms with E-state index in [1.165, 1.54) is 12.8 Å². The van der Waals surface area contributed by atoms with Crippen molar-refractivity contribution in [2.24, 2.45) is 0 Å². The van der Waals surface area contributed by atoms with Crippen LogP contribution in [0.4, 0.5) is 11.5 Å². The summed E-state index contributed by atoms with van der Waals surface area (Å²) in [4.78, 5) is 14.7. The van der Waals surface area contributed by atoms with E-state index in [9.17, 15) is 4.79 Å². The lowest BCUT2D eigenvalue weighted by Crippen LogP contribution is -2.20. The number of amides is 1. The molecule has 6 nitrogen and oxygen atoms in total. The van der Waals surface area contributed by atoms with Gasteiger partial charge in [-0.1, -0.05) is 60.7 Å². The second-order valence-corrected chi connectivity index (χ2v) is 8.25. The highest BCUT2D eigenvalue weighted by molar-refractivity contribution is 5.92. The standard InChI is InChI=1S/C28H26N4O2/c33-28(20-34-26-11-5-4-10-24(26)21-8-2-1-3-9-21)29-23-14-12-22(13-15-23)25-16-17-27(31-30-25)32-18-6-7-19-32/h1-5,8-17H,6-7,18-20H2,(H,29,33). The van der Waals surface area contributed by atoms with Gasteiger partial charge in [0.15, 0.2) is 12.4 Å². The summed E-state index contributed by atoms with van der Waals surface area (Å²) in [5.74, 6) is 1.39. The molecule has 1 amide bonds. The highest BCUT2D eigenvalue weighted by atomic mass is 16.5. The van der Waals surface area contributed by atoms with Gasteiger partial charge in [0, 0.05) is 29.9 Å². The summed E-state index contributed by atoms with van der Waals surface area (Å²) in [5, 5.41) is 11.7. The van der Waals surface area contributed by atoms with Crippen LogP contribution in [0, 0.1) is 0 Å². The van der Waals surface area contributed by atoms with Gasteiger partial charge in [-0.15, -0.1) is 10.2 Å². The Hall–Kier alpha value is -4.19. The van der Waals surface area contributed by atoms with Crippen LogP contribution in [0.15, 0.2) is 91.0 Å². The molecular formula is C28H26N4O2. The zero-order valence-corrected chi connectivity index (χ0v) is 18.9. The van der Waals surface area contributed by atoms with E-state index >= 15 is 0 Å². The van der Waals surface area contributed by atoms with Crippen LogP contribution in [-0.2, 0) is 4.79 Å². The Morgan fingerprint density at radius 1 is 0.794 bits per heavy atom. The summed E-state index contributed by atoms with van der Waals surface area (Å²) in [6.45, 7) is 2.02. The molecule has 0 unspecified atom stereocenters. The third kappa shape index (κ3) is 5.07. The third-order valence-corrected chi connectivity index (χ3v) is 5.88. The first-order valence-corrected chi connectivity index (χ1v) is 11.5. The maximum absolute atomic E-state index is 12.5. The fraction of sp³-hybridized carbons (Fsp3) is 0.179. The molecule has 3 aromatic carbocycles. The van der Waals surface area contributed by atoms with Gasteiger partial charge in [0.25, 0.3) is 5.91 Å². The monoisotopic (exact) mass is 450 g/mol. The molecule has 170 valence electrons. The summed E-state index contributed by atoms with van der Waals surface area (Å²) in [6, 6.07) is 29.3. The van der Waals surface area contributed by atoms with Crippen LogP contribution < -0.4 is 15.0 Å². The van der Waals surface area contributed by atoms with Gasteiger partial charge in [0.05, 0.1) is 5.69 Å². The molecule has 1 aliphatic heterocycles. The predicted molar refractivity (Wildman–Crippen MR) is 135 cm³/mol. The molecule has 6 heteroatoms. The first-order valence-electron chi connectivity index (χ1n) is 11.5. The number of hydrogen-bond acceptors (Lipinski definition) is 5. The summed E-state index contributed by atoms with van der Waals surface area (Å²) in [6.07, 6.45) is 2.42. The Bertz CT molecular complexity index is 1240. The fourth-order valence-electron chi connectivity index (χ4n) is 4.11. The number of rotatable bonds is 7. The number of nitrogens with zero attached hydrogens (tertiary/aromatic N) is 3. The zero-order chi connectivity index (χ0) is 23.2. The SMILES string of the molecule is O=C(COc1ccccc1-c1ccccc1)Nc1ccc(-c2ccc(N3CCCC3)nn2)cc1. The lowest BCUT2D eigenvalue weighted by molar-refractivity contribution is -0.118. The van der Waals surface area contributed by atoms with Crippen molar-refractivity contribution in [3.05, 3.63) is 91.0 Å². The Labute approximate surface area is 199 Å². The quantitative estimate of drug-likeness (QED) is 0.407. The lowest BCUT2D eigenvalue weighted by Gasteiger charge is -2.15. The molecule has 0 saturated carbocycles. The van der Waals surface area contributed by atoms with Crippen molar-refractivity contribution in [1.82, 2.24) is 10.2 Å². The molecule has 1 aromatic heterocycles. The molecule has 0 atom stereocenters. The third-order valence-electron chi connectivity index (χ3n) is 5.88. The fourth-order valence-corrected chi connectivity index (χ4v) is 4.11. The van der Waals surface area contributed by atoms with Crippen LogP contribution in [0.1, 0.15) is 12.8 Å². The average Bonchev–Trinajstić information content (AvgIpc) is 3.44. The molecule has 0 radical (unpaired) electrons. The highest BCUT2D eigenvalue weighted by Gasteiger charge is 2.14. The maximum Gasteiger partial charge on any atom is 0.262 e. The largest absolute Gasteiger partial charge is 0.483 e. The average molecular weight is 451 g/mol. The second-order valence-electron chi connectivity index (χ2n) is 8.25. The van der Waals surface area contributed by atoms with E-state index in [-0.39, 0.29) is 12.5 Å². The van der Waals surface area contributed by atoms with Crippen molar-refractivity contribution in [2.75, 3.05) is 29.9 Å². The van der Waals surface area contributed by atoms with Crippen LogP contribution in [0.25, 0.3) is 22.4 Å². The van der Waals surface area contributed by atoms with Crippen molar-refractivity contribution >= 4 is 17.4 Å². The molecule has 1 fully saturated rings. The highest BCUT2D eigenvalue weighted by Crippen LogP contribution is 2.29. The van der Waals surface area contributed by atoms with Gasteiger partial charge in [0.2, 0.25) is 0 Å². The van der Waals surface area contributed by atoms with E-state index in [0.717, 1.165) is 41.3 Å². The van der Waals surface area contributed by atoms with Gasteiger partial charge in [0.1, 0.15) is 5.75 Å². The molecule has 1 saturated heterocycles. The van der Waals surface area contributed by atoms with Gasteiger partial charge >= 0.3 is 0 Å². The van der Waals surface area contributed by atoms with Crippen LogP contribution >= 0.6 is 0 Å². The van der Waals surface area contributed by atoms with Gasteiger partial charge in [-0.05, 0) is 48.7 Å². The van der Waals surface area contributed by atoms with E-state index in [1.54, 1.807) is 0 Å².